The van der Waals surface area contributed by atoms with Crippen molar-refractivity contribution in [3.05, 3.63) is 69.8 Å². The predicted octanol–water partition coefficient (Wildman–Crippen LogP) is 4.66. The number of nitro groups is 1. The van der Waals surface area contributed by atoms with E-state index in [1.165, 1.54) is 36.4 Å². The number of hydrogen-bond acceptors (Lipinski definition) is 3. The summed E-state index contributed by atoms with van der Waals surface area (Å²) in [5, 5.41) is 10.7. The Morgan fingerprint density at radius 1 is 1.00 bits per heavy atom. The van der Waals surface area contributed by atoms with Crippen molar-refractivity contribution in [3.63, 3.8) is 0 Å². The molecule has 0 saturated carbocycles. The molecule has 7 heteroatoms. The maximum Gasteiger partial charge on any atom is 0.573 e. The van der Waals surface area contributed by atoms with Crippen LogP contribution in [0.1, 0.15) is 11.1 Å². The van der Waals surface area contributed by atoms with Crippen LogP contribution in [-0.2, 0) is 0 Å². The van der Waals surface area contributed by atoms with E-state index < -0.39 is 11.3 Å². The van der Waals surface area contributed by atoms with Gasteiger partial charge in [-0.2, -0.15) is 0 Å². The zero-order valence-electron chi connectivity index (χ0n) is 11.1. The van der Waals surface area contributed by atoms with E-state index in [1.807, 2.05) is 0 Å². The van der Waals surface area contributed by atoms with Gasteiger partial charge in [0.05, 0.1) is 4.92 Å². The Labute approximate surface area is 123 Å². The molecule has 0 aliphatic heterocycles. The van der Waals surface area contributed by atoms with Crippen molar-refractivity contribution in [1.29, 1.82) is 0 Å². The number of alkyl halides is 3. The van der Waals surface area contributed by atoms with Crippen molar-refractivity contribution in [2.45, 2.75) is 6.36 Å². The fourth-order valence-electron chi connectivity index (χ4n) is 1.75. The monoisotopic (exact) mass is 309 g/mol. The molecule has 0 bridgehead atoms. The van der Waals surface area contributed by atoms with E-state index in [1.54, 1.807) is 24.3 Å². The molecule has 4 nitrogen and oxygen atoms in total. The third kappa shape index (κ3) is 4.62. The number of benzene rings is 2. The largest absolute Gasteiger partial charge is 0.573 e. The highest BCUT2D eigenvalue weighted by molar-refractivity contribution is 5.71. The smallest absolute Gasteiger partial charge is 0.406 e. The highest BCUT2D eigenvalue weighted by Gasteiger charge is 2.30. The fourth-order valence-corrected chi connectivity index (χ4v) is 1.75. The summed E-state index contributed by atoms with van der Waals surface area (Å²) in [7, 11) is 0. The van der Waals surface area contributed by atoms with Crippen LogP contribution in [0, 0.1) is 10.1 Å². The molecule has 0 amide bonds. The molecule has 0 aliphatic carbocycles. The van der Waals surface area contributed by atoms with Crippen molar-refractivity contribution >= 4 is 17.8 Å². The summed E-state index contributed by atoms with van der Waals surface area (Å²) in [4.78, 5) is 10.1. The number of non-ortho nitro benzene ring substituents is 1. The molecule has 114 valence electrons. The molecule has 0 fully saturated rings. The molecule has 0 radical (unpaired) electrons. The van der Waals surface area contributed by atoms with Gasteiger partial charge in [-0.15, -0.1) is 13.2 Å². The standard InChI is InChI=1S/C15H10F3NO3/c16-15(17,18)22-14-6-2-4-12(10-14)8-7-11-3-1-5-13(9-11)19(20)21/h1-10H. The third-order valence-electron chi connectivity index (χ3n) is 2.64. The minimum atomic E-state index is -4.75. The Hall–Kier alpha value is -2.83. The van der Waals surface area contributed by atoms with E-state index >= 15 is 0 Å². The normalized spacial score (nSPS) is 11.6. The lowest BCUT2D eigenvalue weighted by Gasteiger charge is -2.08. The van der Waals surface area contributed by atoms with Crippen LogP contribution in [0.15, 0.2) is 48.5 Å². The minimum absolute atomic E-state index is 0.0590. The Kier molecular flexibility index (Phi) is 4.45. The Balaban J connectivity index is 2.18. The predicted molar refractivity (Wildman–Crippen MR) is 75.1 cm³/mol. The van der Waals surface area contributed by atoms with Gasteiger partial charge in [-0.05, 0) is 23.3 Å². The first-order chi connectivity index (χ1) is 10.3. The van der Waals surface area contributed by atoms with E-state index in [2.05, 4.69) is 4.74 Å². The number of rotatable bonds is 4. The Bertz CT molecular complexity index is 711. The number of nitrogens with zero attached hydrogens (tertiary/aromatic N) is 1. The Morgan fingerprint density at radius 3 is 2.18 bits per heavy atom. The van der Waals surface area contributed by atoms with Crippen molar-refractivity contribution in [2.24, 2.45) is 0 Å². The molecule has 0 saturated heterocycles. The second-order valence-corrected chi connectivity index (χ2v) is 4.31. The summed E-state index contributed by atoms with van der Waals surface area (Å²) in [5.74, 6) is -0.325. The number of nitro benzene ring substituents is 1. The van der Waals surface area contributed by atoms with Crippen molar-refractivity contribution < 1.29 is 22.8 Å². The van der Waals surface area contributed by atoms with E-state index in [4.69, 9.17) is 0 Å². The molecule has 0 aromatic heterocycles. The lowest BCUT2D eigenvalue weighted by Crippen LogP contribution is -2.17. The maximum absolute atomic E-state index is 12.1. The second-order valence-electron chi connectivity index (χ2n) is 4.31. The first kappa shape index (κ1) is 15.6. The van der Waals surface area contributed by atoms with Gasteiger partial charge in [0.15, 0.2) is 0 Å². The summed E-state index contributed by atoms with van der Waals surface area (Å²) in [6.07, 6.45) is -1.63. The maximum atomic E-state index is 12.1. The zero-order chi connectivity index (χ0) is 16.2. The summed E-state index contributed by atoms with van der Waals surface area (Å²) >= 11 is 0. The lowest BCUT2D eigenvalue weighted by atomic mass is 10.1. The van der Waals surface area contributed by atoms with Gasteiger partial charge in [-0.1, -0.05) is 36.4 Å². The summed E-state index contributed by atoms with van der Waals surface area (Å²) in [6.45, 7) is 0. The van der Waals surface area contributed by atoms with E-state index in [0.29, 0.717) is 11.1 Å². The van der Waals surface area contributed by atoms with Crippen LogP contribution in [0.4, 0.5) is 18.9 Å². The summed E-state index contributed by atoms with van der Waals surface area (Å²) in [6, 6.07) is 11.3. The molecule has 22 heavy (non-hydrogen) atoms. The van der Waals surface area contributed by atoms with E-state index in [0.717, 1.165) is 0 Å². The number of hydrogen-bond donors (Lipinski definition) is 0. The highest BCUT2D eigenvalue weighted by atomic mass is 19.4. The van der Waals surface area contributed by atoms with Crippen LogP contribution in [-0.4, -0.2) is 11.3 Å². The van der Waals surface area contributed by atoms with Crippen molar-refractivity contribution in [1.82, 2.24) is 0 Å². The molecule has 2 aromatic rings. The minimum Gasteiger partial charge on any atom is -0.406 e. The molecule has 0 heterocycles. The van der Waals surface area contributed by atoms with Crippen LogP contribution in [0.5, 0.6) is 5.75 Å². The molecule has 0 aliphatic rings. The average molecular weight is 309 g/mol. The lowest BCUT2D eigenvalue weighted by molar-refractivity contribution is -0.384. The molecule has 0 atom stereocenters. The van der Waals surface area contributed by atoms with E-state index in [-0.39, 0.29) is 11.4 Å². The molecule has 2 aromatic carbocycles. The molecule has 2 rings (SSSR count). The molecule has 0 N–H and O–H groups in total. The molecule has 0 unspecified atom stereocenters. The fraction of sp³-hybridized carbons (Fsp3) is 0.0667. The van der Waals surface area contributed by atoms with Crippen molar-refractivity contribution in [3.8, 4) is 5.75 Å². The molecule has 0 spiro atoms. The van der Waals surface area contributed by atoms with Gasteiger partial charge in [0.1, 0.15) is 5.75 Å². The second kappa shape index (κ2) is 6.30. The van der Waals surface area contributed by atoms with Crippen LogP contribution >= 0.6 is 0 Å². The van der Waals surface area contributed by atoms with Crippen molar-refractivity contribution in [2.75, 3.05) is 0 Å². The van der Waals surface area contributed by atoms with Gasteiger partial charge >= 0.3 is 6.36 Å². The van der Waals surface area contributed by atoms with Crippen LogP contribution in [0.2, 0.25) is 0 Å². The van der Waals surface area contributed by atoms with Gasteiger partial charge < -0.3 is 4.74 Å². The van der Waals surface area contributed by atoms with Gasteiger partial charge in [-0.3, -0.25) is 10.1 Å². The zero-order valence-corrected chi connectivity index (χ0v) is 11.1. The molecular formula is C15H10F3NO3. The summed E-state index contributed by atoms with van der Waals surface area (Å²) in [5.41, 5.74) is 0.987. The van der Waals surface area contributed by atoms with Crippen LogP contribution in [0.25, 0.3) is 12.2 Å². The third-order valence-corrected chi connectivity index (χ3v) is 2.64. The van der Waals surface area contributed by atoms with Crippen LogP contribution < -0.4 is 4.74 Å². The average Bonchev–Trinajstić information content (AvgIpc) is 2.44. The van der Waals surface area contributed by atoms with Crippen LogP contribution in [0.3, 0.4) is 0 Å². The SMILES string of the molecule is O=[N+]([O-])c1cccc(C=Cc2cccc(OC(F)(F)F)c2)c1. The Morgan fingerprint density at radius 2 is 1.59 bits per heavy atom. The van der Waals surface area contributed by atoms with Gasteiger partial charge in [0, 0.05) is 12.1 Å². The first-order valence-corrected chi connectivity index (χ1v) is 6.12. The van der Waals surface area contributed by atoms with E-state index in [9.17, 15) is 23.3 Å². The topological polar surface area (TPSA) is 52.4 Å². The quantitative estimate of drug-likeness (QED) is 0.469. The first-order valence-electron chi connectivity index (χ1n) is 6.12. The highest BCUT2D eigenvalue weighted by Crippen LogP contribution is 2.24. The molecular weight excluding hydrogens is 299 g/mol. The number of halogens is 3. The van der Waals surface area contributed by atoms with Gasteiger partial charge in [0.25, 0.3) is 5.69 Å². The number of ether oxygens (including phenoxy) is 1. The van der Waals surface area contributed by atoms with Gasteiger partial charge in [0.2, 0.25) is 0 Å². The summed E-state index contributed by atoms with van der Waals surface area (Å²) < 4.78 is 40.2. The van der Waals surface area contributed by atoms with Gasteiger partial charge in [-0.25, -0.2) is 0 Å².